The SMILES string of the molecule is CC(C)(C)c1ccc(N2CCC(=O)C2=O)cc1. The van der Waals surface area contributed by atoms with Crippen molar-refractivity contribution in [2.24, 2.45) is 0 Å². The van der Waals surface area contributed by atoms with Gasteiger partial charge in [-0.25, -0.2) is 0 Å². The van der Waals surface area contributed by atoms with Gasteiger partial charge in [-0.1, -0.05) is 32.9 Å². The summed E-state index contributed by atoms with van der Waals surface area (Å²) in [7, 11) is 0. The number of anilines is 1. The van der Waals surface area contributed by atoms with Crippen LogP contribution in [0, 0.1) is 0 Å². The molecule has 2 rings (SSSR count). The first kappa shape index (κ1) is 11.8. The van der Waals surface area contributed by atoms with Crippen molar-refractivity contribution >= 4 is 17.4 Å². The van der Waals surface area contributed by atoms with Gasteiger partial charge in [0.05, 0.1) is 0 Å². The molecule has 1 amide bonds. The molecular formula is C14H17NO2. The van der Waals surface area contributed by atoms with Crippen LogP contribution in [0.5, 0.6) is 0 Å². The average Bonchev–Trinajstić information content (AvgIpc) is 2.59. The summed E-state index contributed by atoms with van der Waals surface area (Å²) in [6.45, 7) is 6.94. The molecule has 3 heteroatoms. The van der Waals surface area contributed by atoms with E-state index in [0.29, 0.717) is 13.0 Å². The number of rotatable bonds is 1. The molecule has 0 N–H and O–H groups in total. The fourth-order valence-corrected chi connectivity index (χ4v) is 1.96. The fraction of sp³-hybridized carbons (Fsp3) is 0.429. The molecule has 1 saturated heterocycles. The van der Waals surface area contributed by atoms with Gasteiger partial charge >= 0.3 is 0 Å². The molecule has 1 aromatic carbocycles. The zero-order valence-corrected chi connectivity index (χ0v) is 10.5. The van der Waals surface area contributed by atoms with E-state index in [-0.39, 0.29) is 17.1 Å². The third-order valence-corrected chi connectivity index (χ3v) is 3.09. The summed E-state index contributed by atoms with van der Waals surface area (Å²) in [5, 5.41) is 0. The van der Waals surface area contributed by atoms with E-state index in [4.69, 9.17) is 0 Å². The predicted molar refractivity (Wildman–Crippen MR) is 67.1 cm³/mol. The maximum absolute atomic E-state index is 11.6. The Morgan fingerprint density at radius 1 is 1.06 bits per heavy atom. The predicted octanol–water partition coefficient (Wildman–Crippen LogP) is 2.29. The van der Waals surface area contributed by atoms with Crippen molar-refractivity contribution < 1.29 is 9.59 Å². The molecule has 0 radical (unpaired) electrons. The normalized spacial score (nSPS) is 16.8. The maximum atomic E-state index is 11.6. The van der Waals surface area contributed by atoms with Crippen molar-refractivity contribution in [2.75, 3.05) is 11.4 Å². The van der Waals surface area contributed by atoms with E-state index in [0.717, 1.165) is 5.69 Å². The zero-order chi connectivity index (χ0) is 12.6. The van der Waals surface area contributed by atoms with E-state index in [2.05, 4.69) is 20.8 Å². The van der Waals surface area contributed by atoms with Crippen LogP contribution in [0.2, 0.25) is 0 Å². The Morgan fingerprint density at radius 2 is 1.65 bits per heavy atom. The molecule has 1 heterocycles. The second-order valence-electron chi connectivity index (χ2n) is 5.43. The third kappa shape index (κ3) is 2.23. The highest BCUT2D eigenvalue weighted by Gasteiger charge is 2.30. The lowest BCUT2D eigenvalue weighted by Crippen LogP contribution is -2.27. The number of benzene rings is 1. The monoisotopic (exact) mass is 231 g/mol. The van der Waals surface area contributed by atoms with Crippen LogP contribution < -0.4 is 4.90 Å². The third-order valence-electron chi connectivity index (χ3n) is 3.09. The van der Waals surface area contributed by atoms with E-state index >= 15 is 0 Å². The van der Waals surface area contributed by atoms with Crippen LogP contribution in [0.4, 0.5) is 5.69 Å². The van der Waals surface area contributed by atoms with Crippen molar-refractivity contribution in [3.63, 3.8) is 0 Å². The smallest absolute Gasteiger partial charge is 0.294 e. The maximum Gasteiger partial charge on any atom is 0.294 e. The van der Waals surface area contributed by atoms with E-state index in [1.165, 1.54) is 5.56 Å². The number of Topliss-reactive ketones (excluding diaryl/α,β-unsaturated/α-hetero) is 1. The molecule has 1 aliphatic rings. The molecule has 0 aliphatic carbocycles. The number of carbonyl (C=O) groups excluding carboxylic acids is 2. The number of nitrogens with zero attached hydrogens (tertiary/aromatic N) is 1. The van der Waals surface area contributed by atoms with E-state index in [1.54, 1.807) is 4.90 Å². The summed E-state index contributed by atoms with van der Waals surface area (Å²) in [6, 6.07) is 7.87. The lowest BCUT2D eigenvalue weighted by molar-refractivity contribution is -0.133. The van der Waals surface area contributed by atoms with Gasteiger partial charge in [-0.2, -0.15) is 0 Å². The number of hydrogen-bond acceptors (Lipinski definition) is 2. The van der Waals surface area contributed by atoms with Gasteiger partial charge in [0.1, 0.15) is 0 Å². The molecule has 1 fully saturated rings. The molecule has 17 heavy (non-hydrogen) atoms. The first-order chi connectivity index (χ1) is 7.89. The lowest BCUT2D eigenvalue weighted by atomic mass is 9.87. The highest BCUT2D eigenvalue weighted by Crippen LogP contribution is 2.26. The Bertz CT molecular complexity index is 454. The van der Waals surface area contributed by atoms with Gasteiger partial charge in [-0.15, -0.1) is 0 Å². The number of amides is 1. The number of ketones is 1. The van der Waals surface area contributed by atoms with Crippen LogP contribution in [-0.4, -0.2) is 18.2 Å². The minimum Gasteiger partial charge on any atom is -0.305 e. The Hall–Kier alpha value is -1.64. The first-order valence-electron chi connectivity index (χ1n) is 5.85. The average molecular weight is 231 g/mol. The summed E-state index contributed by atoms with van der Waals surface area (Å²) in [6.07, 6.45) is 0.333. The fourth-order valence-electron chi connectivity index (χ4n) is 1.96. The minimum atomic E-state index is -0.381. The van der Waals surface area contributed by atoms with Gasteiger partial charge in [0, 0.05) is 18.7 Å². The molecule has 0 spiro atoms. The van der Waals surface area contributed by atoms with Gasteiger partial charge < -0.3 is 4.90 Å². The van der Waals surface area contributed by atoms with E-state index in [9.17, 15) is 9.59 Å². The topological polar surface area (TPSA) is 37.4 Å². The van der Waals surface area contributed by atoms with Gasteiger partial charge in [0.15, 0.2) is 0 Å². The van der Waals surface area contributed by atoms with Crippen molar-refractivity contribution in [1.82, 2.24) is 0 Å². The van der Waals surface area contributed by atoms with Crippen LogP contribution in [0.3, 0.4) is 0 Å². The Kier molecular flexibility index (Phi) is 2.77. The molecular weight excluding hydrogens is 214 g/mol. The van der Waals surface area contributed by atoms with Crippen molar-refractivity contribution in [3.05, 3.63) is 29.8 Å². The van der Waals surface area contributed by atoms with Gasteiger partial charge in [0.2, 0.25) is 5.78 Å². The summed E-state index contributed by atoms with van der Waals surface area (Å²) in [5.74, 6) is -0.668. The Labute approximate surface area is 101 Å². The van der Waals surface area contributed by atoms with E-state index < -0.39 is 0 Å². The quantitative estimate of drug-likeness (QED) is 0.695. The zero-order valence-electron chi connectivity index (χ0n) is 10.5. The van der Waals surface area contributed by atoms with Crippen molar-refractivity contribution in [1.29, 1.82) is 0 Å². The van der Waals surface area contributed by atoms with Crippen LogP contribution in [-0.2, 0) is 15.0 Å². The summed E-state index contributed by atoms with van der Waals surface area (Å²) >= 11 is 0. The number of carbonyl (C=O) groups is 2. The van der Waals surface area contributed by atoms with Crippen LogP contribution >= 0.6 is 0 Å². The highest BCUT2D eigenvalue weighted by atomic mass is 16.2. The van der Waals surface area contributed by atoms with Crippen LogP contribution in [0.25, 0.3) is 0 Å². The van der Waals surface area contributed by atoms with Crippen molar-refractivity contribution in [3.8, 4) is 0 Å². The molecule has 0 bridgehead atoms. The van der Waals surface area contributed by atoms with Crippen molar-refractivity contribution in [2.45, 2.75) is 32.6 Å². The Balaban J connectivity index is 2.25. The molecule has 0 aromatic heterocycles. The number of hydrogen-bond donors (Lipinski definition) is 0. The second kappa shape index (κ2) is 3.99. The second-order valence-corrected chi connectivity index (χ2v) is 5.43. The first-order valence-corrected chi connectivity index (χ1v) is 5.85. The Morgan fingerprint density at radius 3 is 2.06 bits per heavy atom. The lowest BCUT2D eigenvalue weighted by Gasteiger charge is -2.21. The minimum absolute atomic E-state index is 0.101. The van der Waals surface area contributed by atoms with Crippen LogP contribution in [0.15, 0.2) is 24.3 Å². The molecule has 3 nitrogen and oxygen atoms in total. The summed E-state index contributed by atoms with van der Waals surface area (Å²) in [4.78, 5) is 24.3. The summed E-state index contributed by atoms with van der Waals surface area (Å²) < 4.78 is 0. The van der Waals surface area contributed by atoms with Gasteiger partial charge in [0.25, 0.3) is 5.91 Å². The largest absolute Gasteiger partial charge is 0.305 e. The molecule has 1 aliphatic heterocycles. The molecule has 0 saturated carbocycles. The van der Waals surface area contributed by atoms with Gasteiger partial charge in [-0.05, 0) is 23.1 Å². The van der Waals surface area contributed by atoms with Crippen LogP contribution in [0.1, 0.15) is 32.8 Å². The summed E-state index contributed by atoms with van der Waals surface area (Å²) in [5.41, 5.74) is 2.14. The molecule has 1 aromatic rings. The highest BCUT2D eigenvalue weighted by molar-refractivity contribution is 6.43. The molecule has 90 valence electrons. The standard InChI is InChI=1S/C14H17NO2/c1-14(2,3)10-4-6-11(7-5-10)15-9-8-12(16)13(15)17/h4-7H,8-9H2,1-3H3. The molecule has 0 atom stereocenters. The van der Waals surface area contributed by atoms with E-state index in [1.807, 2.05) is 24.3 Å². The molecule has 0 unspecified atom stereocenters. The van der Waals surface area contributed by atoms with Gasteiger partial charge in [-0.3, -0.25) is 9.59 Å².